The third kappa shape index (κ3) is 3.22. The van der Waals surface area contributed by atoms with Gasteiger partial charge in [0.25, 0.3) is 0 Å². The van der Waals surface area contributed by atoms with Crippen LogP contribution in [-0.4, -0.2) is 47.7 Å². The van der Waals surface area contributed by atoms with Gasteiger partial charge in [-0.05, 0) is 69.6 Å². The molecule has 2 heterocycles. The van der Waals surface area contributed by atoms with Crippen LogP contribution in [-0.2, 0) is 4.79 Å². The van der Waals surface area contributed by atoms with Gasteiger partial charge in [0.1, 0.15) is 0 Å². The lowest BCUT2D eigenvalue weighted by molar-refractivity contribution is -0.139. The Morgan fingerprint density at radius 1 is 1.15 bits per heavy atom. The fourth-order valence-electron chi connectivity index (χ4n) is 5.15. The summed E-state index contributed by atoms with van der Waals surface area (Å²) in [5, 5.41) is 10.5. The molecule has 26 heavy (non-hydrogen) atoms. The Morgan fingerprint density at radius 3 is 2.65 bits per heavy atom. The average Bonchev–Trinajstić information content (AvgIpc) is 2.92. The number of anilines is 1. The van der Waals surface area contributed by atoms with Crippen molar-refractivity contribution < 1.29 is 9.90 Å². The van der Waals surface area contributed by atoms with Crippen LogP contribution in [0.2, 0.25) is 5.02 Å². The number of carbonyl (C=O) groups excluding carboxylic acids is 1. The number of aryl methyl sites for hydroxylation is 1. The highest BCUT2D eigenvalue weighted by molar-refractivity contribution is 6.33. The predicted molar refractivity (Wildman–Crippen MR) is 105 cm³/mol. The number of aliphatic hydroxyl groups excluding tert-OH is 1. The zero-order valence-corrected chi connectivity index (χ0v) is 16.3. The Morgan fingerprint density at radius 2 is 1.92 bits per heavy atom. The Balaban J connectivity index is 1.50. The second-order valence-electron chi connectivity index (χ2n) is 8.47. The Labute approximate surface area is 161 Å². The Hall–Kier alpha value is -1.26. The van der Waals surface area contributed by atoms with Crippen LogP contribution in [0.4, 0.5) is 5.69 Å². The number of likely N-dealkylation sites (tertiary alicyclic amines) is 1. The molecule has 4 nitrogen and oxygen atoms in total. The molecule has 0 bridgehead atoms. The lowest BCUT2D eigenvalue weighted by Crippen LogP contribution is -2.50. The van der Waals surface area contributed by atoms with Gasteiger partial charge in [-0.1, -0.05) is 17.7 Å². The van der Waals surface area contributed by atoms with Gasteiger partial charge in [0, 0.05) is 25.7 Å². The molecule has 5 heteroatoms. The molecule has 2 saturated heterocycles. The Bertz CT molecular complexity index is 687. The molecule has 1 N–H and O–H groups in total. The highest BCUT2D eigenvalue weighted by Gasteiger charge is 2.50. The van der Waals surface area contributed by atoms with Gasteiger partial charge < -0.3 is 14.9 Å². The summed E-state index contributed by atoms with van der Waals surface area (Å²) in [6, 6.07) is 6.52. The van der Waals surface area contributed by atoms with Crippen molar-refractivity contribution in [1.29, 1.82) is 0 Å². The van der Waals surface area contributed by atoms with Crippen LogP contribution in [0.25, 0.3) is 0 Å². The van der Waals surface area contributed by atoms with Crippen LogP contribution in [0, 0.1) is 12.3 Å². The van der Waals surface area contributed by atoms with Gasteiger partial charge in [-0.2, -0.15) is 0 Å². The van der Waals surface area contributed by atoms with Crippen LogP contribution < -0.4 is 4.90 Å². The van der Waals surface area contributed by atoms with E-state index < -0.39 is 0 Å². The summed E-state index contributed by atoms with van der Waals surface area (Å²) >= 11 is 6.50. The SMILES string of the molecule is Cc1ccc(N2CCCC3(CCN([C@H]4CC[C@H](O)CC4)C3=O)C2)c(Cl)c1. The molecule has 1 saturated carbocycles. The maximum absolute atomic E-state index is 13.4. The first-order valence-corrected chi connectivity index (χ1v) is 10.4. The van der Waals surface area contributed by atoms with E-state index in [2.05, 4.69) is 21.9 Å². The molecule has 0 radical (unpaired) electrons. The maximum Gasteiger partial charge on any atom is 0.230 e. The minimum absolute atomic E-state index is 0.174. The van der Waals surface area contributed by atoms with Crippen LogP contribution in [0.15, 0.2) is 18.2 Å². The molecule has 4 rings (SSSR count). The molecule has 2 aliphatic heterocycles. The quantitative estimate of drug-likeness (QED) is 0.854. The van der Waals surface area contributed by atoms with E-state index >= 15 is 0 Å². The lowest BCUT2D eigenvalue weighted by atomic mass is 9.78. The molecular formula is C21H29ClN2O2. The number of rotatable bonds is 2. The molecule has 3 fully saturated rings. The van der Waals surface area contributed by atoms with Crippen molar-refractivity contribution in [3.63, 3.8) is 0 Å². The number of nitrogens with zero attached hydrogens (tertiary/aromatic N) is 2. The number of hydrogen-bond donors (Lipinski definition) is 1. The van der Waals surface area contributed by atoms with Gasteiger partial charge in [-0.3, -0.25) is 4.79 Å². The van der Waals surface area contributed by atoms with Crippen molar-refractivity contribution in [2.24, 2.45) is 5.41 Å². The van der Waals surface area contributed by atoms with Crippen molar-refractivity contribution in [2.75, 3.05) is 24.5 Å². The average molecular weight is 377 g/mol. The molecule has 1 aliphatic carbocycles. The van der Waals surface area contributed by atoms with E-state index in [1.165, 1.54) is 0 Å². The molecule has 1 aromatic rings. The number of halogens is 1. The predicted octanol–water partition coefficient (Wildman–Crippen LogP) is 3.77. The van der Waals surface area contributed by atoms with Crippen LogP contribution in [0.3, 0.4) is 0 Å². The minimum Gasteiger partial charge on any atom is -0.393 e. The van der Waals surface area contributed by atoms with Crippen molar-refractivity contribution in [3.8, 4) is 0 Å². The third-order valence-corrected chi connectivity index (χ3v) is 6.98. The van der Waals surface area contributed by atoms with Crippen molar-refractivity contribution >= 4 is 23.2 Å². The zero-order valence-electron chi connectivity index (χ0n) is 15.6. The molecule has 1 atom stereocenters. The van der Waals surface area contributed by atoms with Crippen LogP contribution in [0.5, 0.6) is 0 Å². The molecule has 1 spiro atoms. The molecule has 1 amide bonds. The Kier molecular flexibility index (Phi) is 4.91. The van der Waals surface area contributed by atoms with E-state index in [-0.39, 0.29) is 11.5 Å². The van der Waals surface area contributed by atoms with E-state index in [0.717, 1.165) is 80.9 Å². The number of amides is 1. The molecule has 0 aromatic heterocycles. The number of piperidine rings is 1. The largest absolute Gasteiger partial charge is 0.393 e. The smallest absolute Gasteiger partial charge is 0.230 e. The number of hydrogen-bond acceptors (Lipinski definition) is 3. The van der Waals surface area contributed by atoms with E-state index in [9.17, 15) is 9.90 Å². The second-order valence-corrected chi connectivity index (χ2v) is 8.88. The monoisotopic (exact) mass is 376 g/mol. The van der Waals surface area contributed by atoms with Gasteiger partial charge in [0.05, 0.1) is 22.2 Å². The van der Waals surface area contributed by atoms with Crippen molar-refractivity contribution in [1.82, 2.24) is 4.90 Å². The van der Waals surface area contributed by atoms with E-state index in [0.29, 0.717) is 11.9 Å². The van der Waals surface area contributed by atoms with Crippen molar-refractivity contribution in [3.05, 3.63) is 28.8 Å². The zero-order chi connectivity index (χ0) is 18.3. The highest BCUT2D eigenvalue weighted by Crippen LogP contribution is 2.44. The van der Waals surface area contributed by atoms with Crippen LogP contribution >= 0.6 is 11.6 Å². The van der Waals surface area contributed by atoms with Crippen LogP contribution in [0.1, 0.15) is 50.5 Å². The van der Waals surface area contributed by atoms with Gasteiger partial charge in [0.15, 0.2) is 0 Å². The lowest BCUT2D eigenvalue weighted by Gasteiger charge is -2.41. The van der Waals surface area contributed by atoms with Crippen molar-refractivity contribution in [2.45, 2.75) is 64.0 Å². The number of carbonyl (C=O) groups is 1. The normalized spacial score (nSPS) is 32.5. The van der Waals surface area contributed by atoms with Gasteiger partial charge in [0.2, 0.25) is 5.91 Å². The summed E-state index contributed by atoms with van der Waals surface area (Å²) in [7, 11) is 0. The summed E-state index contributed by atoms with van der Waals surface area (Å²) in [5.41, 5.74) is 1.97. The number of aliphatic hydroxyl groups is 1. The van der Waals surface area contributed by atoms with E-state index in [1.807, 2.05) is 13.0 Å². The molecule has 142 valence electrons. The minimum atomic E-state index is -0.247. The first kappa shape index (κ1) is 18.1. The second kappa shape index (κ2) is 7.05. The van der Waals surface area contributed by atoms with Gasteiger partial charge in [-0.25, -0.2) is 0 Å². The summed E-state index contributed by atoms with van der Waals surface area (Å²) in [6.07, 6.45) is 6.33. The highest BCUT2D eigenvalue weighted by atomic mass is 35.5. The third-order valence-electron chi connectivity index (χ3n) is 6.67. The van der Waals surface area contributed by atoms with E-state index in [1.54, 1.807) is 0 Å². The first-order chi connectivity index (χ1) is 12.5. The number of benzene rings is 1. The fraction of sp³-hybridized carbons (Fsp3) is 0.667. The maximum atomic E-state index is 13.4. The van der Waals surface area contributed by atoms with Gasteiger partial charge >= 0.3 is 0 Å². The summed E-state index contributed by atoms with van der Waals surface area (Å²) in [5.74, 6) is 0.340. The standard InChI is InChI=1S/C21H29ClN2O2/c1-15-3-8-19(18(22)13-15)23-11-2-9-21(14-23)10-12-24(20(21)26)16-4-6-17(25)7-5-16/h3,8,13,16-17,25H,2,4-7,9-12,14H2,1H3/t16-,17-,21?. The summed E-state index contributed by atoms with van der Waals surface area (Å²) < 4.78 is 0. The fourth-order valence-corrected chi connectivity index (χ4v) is 5.50. The van der Waals surface area contributed by atoms with Gasteiger partial charge in [-0.15, -0.1) is 0 Å². The molecule has 1 unspecified atom stereocenters. The summed E-state index contributed by atoms with van der Waals surface area (Å²) in [6.45, 7) is 4.66. The first-order valence-electron chi connectivity index (χ1n) is 9.99. The molecule has 3 aliphatic rings. The topological polar surface area (TPSA) is 43.8 Å². The van der Waals surface area contributed by atoms with E-state index in [4.69, 9.17) is 11.6 Å². The summed E-state index contributed by atoms with van der Waals surface area (Å²) in [4.78, 5) is 17.8. The molecular weight excluding hydrogens is 348 g/mol. The molecule has 1 aromatic carbocycles.